The lowest BCUT2D eigenvalue weighted by atomic mass is 10.2. The second-order valence-corrected chi connectivity index (χ2v) is 4.68. The first kappa shape index (κ1) is 16.6. The first-order valence-corrected chi connectivity index (χ1v) is 7.32. The van der Waals surface area contributed by atoms with Gasteiger partial charge in [0.25, 0.3) is 5.91 Å². The molecule has 2 rings (SSSR count). The molecule has 6 nitrogen and oxygen atoms in total. The number of carbonyl (C=O) groups excluding carboxylic acids is 1. The minimum Gasteiger partial charge on any atom is -0.494 e. The SMILES string of the molecule is CCOc1ccc(OCC(=O)NCc2ccnc(OC)c2)cc1. The highest BCUT2D eigenvalue weighted by Crippen LogP contribution is 2.17. The third kappa shape index (κ3) is 5.50. The quantitative estimate of drug-likeness (QED) is 0.808. The minimum absolute atomic E-state index is 0.0454. The van der Waals surface area contributed by atoms with Crippen LogP contribution < -0.4 is 19.5 Å². The van der Waals surface area contributed by atoms with E-state index in [1.165, 1.54) is 0 Å². The van der Waals surface area contributed by atoms with E-state index in [0.717, 1.165) is 11.3 Å². The van der Waals surface area contributed by atoms with Crippen molar-refractivity contribution in [2.75, 3.05) is 20.3 Å². The lowest BCUT2D eigenvalue weighted by Gasteiger charge is -2.09. The average Bonchev–Trinajstić information content (AvgIpc) is 2.60. The number of rotatable bonds is 8. The third-order valence-electron chi connectivity index (χ3n) is 3.00. The van der Waals surface area contributed by atoms with E-state index in [2.05, 4.69) is 10.3 Å². The van der Waals surface area contributed by atoms with Gasteiger partial charge in [-0.05, 0) is 42.8 Å². The Bertz CT molecular complexity index is 629. The first-order chi connectivity index (χ1) is 11.2. The van der Waals surface area contributed by atoms with Crippen molar-refractivity contribution in [1.82, 2.24) is 10.3 Å². The van der Waals surface area contributed by atoms with Crippen LogP contribution in [0.5, 0.6) is 17.4 Å². The molecule has 23 heavy (non-hydrogen) atoms. The molecule has 0 saturated carbocycles. The van der Waals surface area contributed by atoms with Gasteiger partial charge in [0.15, 0.2) is 6.61 Å². The molecular weight excluding hydrogens is 296 g/mol. The predicted molar refractivity (Wildman–Crippen MR) is 85.7 cm³/mol. The summed E-state index contributed by atoms with van der Waals surface area (Å²) in [6.45, 7) is 2.89. The number of pyridine rings is 1. The lowest BCUT2D eigenvalue weighted by Crippen LogP contribution is -2.28. The average molecular weight is 316 g/mol. The Morgan fingerprint density at radius 1 is 1.13 bits per heavy atom. The molecule has 1 N–H and O–H groups in total. The van der Waals surface area contributed by atoms with Crippen molar-refractivity contribution in [3.63, 3.8) is 0 Å². The number of nitrogens with zero attached hydrogens (tertiary/aromatic N) is 1. The van der Waals surface area contributed by atoms with E-state index in [0.29, 0.717) is 24.8 Å². The zero-order valence-electron chi connectivity index (χ0n) is 13.2. The largest absolute Gasteiger partial charge is 0.494 e. The Morgan fingerprint density at radius 2 is 1.83 bits per heavy atom. The van der Waals surface area contributed by atoms with Crippen molar-refractivity contribution in [3.8, 4) is 17.4 Å². The van der Waals surface area contributed by atoms with Crippen LogP contribution in [0.25, 0.3) is 0 Å². The molecule has 0 spiro atoms. The topological polar surface area (TPSA) is 69.7 Å². The molecule has 0 unspecified atom stereocenters. The molecule has 2 aromatic rings. The zero-order chi connectivity index (χ0) is 16.5. The number of aromatic nitrogens is 1. The highest BCUT2D eigenvalue weighted by molar-refractivity contribution is 5.77. The fourth-order valence-electron chi connectivity index (χ4n) is 1.87. The molecule has 0 bridgehead atoms. The van der Waals surface area contributed by atoms with Gasteiger partial charge in [0.05, 0.1) is 13.7 Å². The summed E-state index contributed by atoms with van der Waals surface area (Å²) in [4.78, 5) is 15.8. The van der Waals surface area contributed by atoms with Gasteiger partial charge in [0, 0.05) is 18.8 Å². The Balaban J connectivity index is 1.76. The molecule has 6 heteroatoms. The summed E-state index contributed by atoms with van der Waals surface area (Å²) in [5.41, 5.74) is 0.909. The number of ether oxygens (including phenoxy) is 3. The number of hydrogen-bond donors (Lipinski definition) is 1. The van der Waals surface area contributed by atoms with Gasteiger partial charge in [0.2, 0.25) is 5.88 Å². The summed E-state index contributed by atoms with van der Waals surface area (Å²) in [5.74, 6) is 1.71. The molecule has 0 aliphatic heterocycles. The zero-order valence-corrected chi connectivity index (χ0v) is 13.2. The molecule has 1 heterocycles. The van der Waals surface area contributed by atoms with E-state index in [-0.39, 0.29) is 12.5 Å². The number of methoxy groups -OCH3 is 1. The molecule has 1 aromatic carbocycles. The van der Waals surface area contributed by atoms with Crippen molar-refractivity contribution in [1.29, 1.82) is 0 Å². The van der Waals surface area contributed by atoms with Crippen molar-refractivity contribution in [3.05, 3.63) is 48.2 Å². The second kappa shape index (κ2) is 8.63. The maximum Gasteiger partial charge on any atom is 0.258 e. The van der Waals surface area contributed by atoms with Crippen molar-refractivity contribution in [2.45, 2.75) is 13.5 Å². The van der Waals surface area contributed by atoms with Gasteiger partial charge < -0.3 is 19.5 Å². The maximum atomic E-state index is 11.8. The van der Waals surface area contributed by atoms with Crippen molar-refractivity contribution < 1.29 is 19.0 Å². The summed E-state index contributed by atoms with van der Waals surface area (Å²) in [7, 11) is 1.55. The molecule has 0 aliphatic carbocycles. The van der Waals surface area contributed by atoms with Crippen LogP contribution in [0.15, 0.2) is 42.6 Å². The van der Waals surface area contributed by atoms with E-state index in [1.807, 2.05) is 13.0 Å². The molecule has 1 amide bonds. The van der Waals surface area contributed by atoms with Crippen LogP contribution in [0, 0.1) is 0 Å². The lowest BCUT2D eigenvalue weighted by molar-refractivity contribution is -0.123. The fourth-order valence-corrected chi connectivity index (χ4v) is 1.87. The second-order valence-electron chi connectivity index (χ2n) is 4.68. The van der Waals surface area contributed by atoms with Crippen LogP contribution in [0.3, 0.4) is 0 Å². The number of hydrogen-bond acceptors (Lipinski definition) is 5. The van der Waals surface area contributed by atoms with Gasteiger partial charge in [0.1, 0.15) is 11.5 Å². The van der Waals surface area contributed by atoms with Gasteiger partial charge in [-0.2, -0.15) is 0 Å². The molecule has 0 saturated heterocycles. The number of nitrogens with one attached hydrogen (secondary N) is 1. The Morgan fingerprint density at radius 3 is 2.48 bits per heavy atom. The fraction of sp³-hybridized carbons (Fsp3) is 0.294. The van der Waals surface area contributed by atoms with Crippen LogP contribution in [0.1, 0.15) is 12.5 Å². The van der Waals surface area contributed by atoms with Crippen molar-refractivity contribution in [2.24, 2.45) is 0 Å². The van der Waals surface area contributed by atoms with Gasteiger partial charge in [-0.15, -0.1) is 0 Å². The van der Waals surface area contributed by atoms with Gasteiger partial charge >= 0.3 is 0 Å². The molecule has 1 aromatic heterocycles. The molecule has 122 valence electrons. The summed E-state index contributed by atoms with van der Waals surface area (Å²) in [6, 6.07) is 10.7. The summed E-state index contributed by atoms with van der Waals surface area (Å²) in [5, 5.41) is 2.78. The Hall–Kier alpha value is -2.76. The predicted octanol–water partition coefficient (Wildman–Crippen LogP) is 2.18. The highest BCUT2D eigenvalue weighted by Gasteiger charge is 2.04. The van der Waals surface area contributed by atoms with Crippen molar-refractivity contribution >= 4 is 5.91 Å². The van der Waals surface area contributed by atoms with E-state index < -0.39 is 0 Å². The normalized spacial score (nSPS) is 10.0. The summed E-state index contributed by atoms with van der Waals surface area (Å²) < 4.78 is 15.8. The number of carbonyl (C=O) groups is 1. The van der Waals surface area contributed by atoms with E-state index in [9.17, 15) is 4.79 Å². The first-order valence-electron chi connectivity index (χ1n) is 7.32. The van der Waals surface area contributed by atoms with E-state index in [4.69, 9.17) is 14.2 Å². The molecule has 0 fully saturated rings. The van der Waals surface area contributed by atoms with Crippen LogP contribution in [0.4, 0.5) is 0 Å². The number of benzene rings is 1. The molecule has 0 radical (unpaired) electrons. The highest BCUT2D eigenvalue weighted by atomic mass is 16.5. The monoisotopic (exact) mass is 316 g/mol. The van der Waals surface area contributed by atoms with E-state index in [1.54, 1.807) is 43.6 Å². The Labute approximate surface area is 135 Å². The minimum atomic E-state index is -0.199. The standard InChI is InChI=1S/C17H20N2O4/c1-3-22-14-4-6-15(7-5-14)23-12-16(20)19-11-13-8-9-18-17(10-13)21-2/h4-10H,3,11-12H2,1-2H3,(H,19,20). The Kier molecular flexibility index (Phi) is 6.23. The van der Waals surface area contributed by atoms with Crippen LogP contribution >= 0.6 is 0 Å². The molecule has 0 atom stereocenters. The van der Waals surface area contributed by atoms with Crippen LogP contribution in [0.2, 0.25) is 0 Å². The van der Waals surface area contributed by atoms with Gasteiger partial charge in [-0.25, -0.2) is 4.98 Å². The summed E-state index contributed by atoms with van der Waals surface area (Å²) in [6.07, 6.45) is 1.64. The van der Waals surface area contributed by atoms with Gasteiger partial charge in [-0.3, -0.25) is 4.79 Å². The molecule has 0 aliphatic rings. The van der Waals surface area contributed by atoms with E-state index >= 15 is 0 Å². The molecular formula is C17H20N2O4. The van der Waals surface area contributed by atoms with Crippen LogP contribution in [-0.4, -0.2) is 31.2 Å². The number of amides is 1. The smallest absolute Gasteiger partial charge is 0.258 e. The summed E-state index contributed by atoms with van der Waals surface area (Å²) >= 11 is 0. The van der Waals surface area contributed by atoms with Gasteiger partial charge in [-0.1, -0.05) is 0 Å². The maximum absolute atomic E-state index is 11.8. The van der Waals surface area contributed by atoms with Crippen LogP contribution in [-0.2, 0) is 11.3 Å². The third-order valence-corrected chi connectivity index (χ3v) is 3.00.